The van der Waals surface area contributed by atoms with E-state index in [0.717, 1.165) is 19.3 Å². The minimum Gasteiger partial charge on any atom is -0.293 e. The Morgan fingerprint density at radius 1 is 1.04 bits per heavy atom. The number of carbonyl (C=O) groups is 1. The topological polar surface area (TPSA) is 63.2 Å². The summed E-state index contributed by atoms with van der Waals surface area (Å²) >= 11 is 0. The first-order chi connectivity index (χ1) is 13.3. The molecule has 0 bridgehead atoms. The molecule has 7 heteroatoms. The molecular formula is C21H23F2NO3S. The van der Waals surface area contributed by atoms with Crippen molar-refractivity contribution in [3.63, 3.8) is 0 Å². The number of benzene rings is 2. The van der Waals surface area contributed by atoms with E-state index in [0.29, 0.717) is 24.0 Å². The summed E-state index contributed by atoms with van der Waals surface area (Å²) in [4.78, 5) is 12.6. The average molecular weight is 407 g/mol. The van der Waals surface area contributed by atoms with Gasteiger partial charge in [0.05, 0.1) is 17.4 Å². The molecule has 0 radical (unpaired) electrons. The molecule has 1 N–H and O–H groups in total. The summed E-state index contributed by atoms with van der Waals surface area (Å²) in [5.41, 5.74) is 1.30. The van der Waals surface area contributed by atoms with E-state index in [2.05, 4.69) is 4.72 Å². The van der Waals surface area contributed by atoms with Crippen molar-refractivity contribution in [1.29, 1.82) is 0 Å². The first-order valence-corrected chi connectivity index (χ1v) is 10.9. The summed E-state index contributed by atoms with van der Waals surface area (Å²) in [6.45, 7) is 1.05. The zero-order chi connectivity index (χ0) is 20.3. The largest absolute Gasteiger partial charge is 0.293 e. The standard InChI is InChI=1S/C21H23F2NO3S/c1-14-11-16(15-7-9-17(22)10-8-15)12-19(21(14)23)20(25)13-24-28(26,27)18-5-3-2-4-6-18/h7-12,18,24H,2-6,13H2,1H3. The lowest BCUT2D eigenvalue weighted by atomic mass is 9.97. The summed E-state index contributed by atoms with van der Waals surface area (Å²) in [6.07, 6.45) is 3.89. The molecule has 1 fully saturated rings. The molecule has 28 heavy (non-hydrogen) atoms. The molecule has 0 amide bonds. The van der Waals surface area contributed by atoms with Gasteiger partial charge in [0.1, 0.15) is 11.6 Å². The quantitative estimate of drug-likeness (QED) is 0.723. The molecule has 1 aliphatic carbocycles. The number of nitrogens with one attached hydrogen (secondary N) is 1. The molecule has 0 spiro atoms. The van der Waals surface area contributed by atoms with E-state index < -0.39 is 39.2 Å². The Morgan fingerprint density at radius 2 is 1.68 bits per heavy atom. The van der Waals surface area contributed by atoms with Gasteiger partial charge < -0.3 is 0 Å². The predicted molar refractivity (Wildman–Crippen MR) is 105 cm³/mol. The fourth-order valence-corrected chi connectivity index (χ4v) is 5.06. The van der Waals surface area contributed by atoms with E-state index in [1.54, 1.807) is 18.2 Å². The Hall–Kier alpha value is -2.12. The van der Waals surface area contributed by atoms with Gasteiger partial charge in [0.25, 0.3) is 0 Å². The number of halogens is 2. The molecule has 0 saturated heterocycles. The van der Waals surface area contributed by atoms with Gasteiger partial charge in [-0.1, -0.05) is 31.4 Å². The molecule has 1 aliphatic rings. The van der Waals surface area contributed by atoms with Crippen LogP contribution in [0, 0.1) is 18.6 Å². The molecule has 0 atom stereocenters. The van der Waals surface area contributed by atoms with Crippen molar-refractivity contribution < 1.29 is 22.0 Å². The highest BCUT2D eigenvalue weighted by molar-refractivity contribution is 7.90. The van der Waals surface area contributed by atoms with Crippen LogP contribution < -0.4 is 4.72 Å². The molecule has 150 valence electrons. The van der Waals surface area contributed by atoms with Crippen molar-refractivity contribution in [3.8, 4) is 11.1 Å². The second-order valence-corrected chi connectivity index (χ2v) is 9.26. The van der Waals surface area contributed by atoms with Crippen molar-refractivity contribution >= 4 is 15.8 Å². The summed E-state index contributed by atoms with van der Waals surface area (Å²) in [5.74, 6) is -1.70. The van der Waals surface area contributed by atoms with E-state index in [9.17, 15) is 22.0 Å². The van der Waals surface area contributed by atoms with Gasteiger partial charge in [-0.15, -0.1) is 0 Å². The number of rotatable bonds is 6. The van der Waals surface area contributed by atoms with E-state index in [-0.39, 0.29) is 11.1 Å². The third kappa shape index (κ3) is 4.64. The molecule has 0 heterocycles. The van der Waals surface area contributed by atoms with E-state index in [4.69, 9.17) is 0 Å². The second-order valence-electron chi connectivity index (χ2n) is 7.21. The van der Waals surface area contributed by atoms with Crippen LogP contribution in [0.2, 0.25) is 0 Å². The Labute approximate surface area is 164 Å². The minimum atomic E-state index is -3.61. The van der Waals surface area contributed by atoms with E-state index >= 15 is 0 Å². The monoisotopic (exact) mass is 407 g/mol. The highest BCUT2D eigenvalue weighted by atomic mass is 32.2. The molecular weight excluding hydrogens is 384 g/mol. The number of carbonyl (C=O) groups excluding carboxylic acids is 1. The van der Waals surface area contributed by atoms with Crippen molar-refractivity contribution in [3.05, 3.63) is 59.2 Å². The van der Waals surface area contributed by atoms with E-state index in [1.807, 2.05) is 0 Å². The predicted octanol–water partition coefficient (Wildman–Crippen LogP) is 4.38. The molecule has 3 rings (SSSR count). The average Bonchev–Trinajstić information content (AvgIpc) is 2.69. The van der Waals surface area contributed by atoms with Crippen molar-refractivity contribution in [2.24, 2.45) is 0 Å². The zero-order valence-corrected chi connectivity index (χ0v) is 16.5. The fourth-order valence-electron chi connectivity index (χ4n) is 3.54. The molecule has 2 aromatic rings. The molecule has 1 saturated carbocycles. The molecule has 2 aromatic carbocycles. The van der Waals surface area contributed by atoms with Gasteiger partial charge in [-0.05, 0) is 60.7 Å². The van der Waals surface area contributed by atoms with Crippen molar-refractivity contribution in [2.45, 2.75) is 44.3 Å². The highest BCUT2D eigenvalue weighted by Crippen LogP contribution is 2.26. The lowest BCUT2D eigenvalue weighted by Crippen LogP contribution is -2.38. The van der Waals surface area contributed by atoms with Crippen molar-refractivity contribution in [1.82, 2.24) is 4.72 Å². The maximum absolute atomic E-state index is 14.5. The Balaban J connectivity index is 1.80. The van der Waals surface area contributed by atoms with E-state index in [1.165, 1.54) is 25.1 Å². The number of sulfonamides is 1. The smallest absolute Gasteiger partial charge is 0.214 e. The Morgan fingerprint density at radius 3 is 2.32 bits per heavy atom. The fraction of sp³-hybridized carbons (Fsp3) is 0.381. The Bertz CT molecular complexity index is 966. The van der Waals surface area contributed by atoms with Gasteiger partial charge in [-0.25, -0.2) is 21.9 Å². The lowest BCUT2D eigenvalue weighted by molar-refractivity contribution is 0.0993. The van der Waals surface area contributed by atoms with Gasteiger partial charge >= 0.3 is 0 Å². The van der Waals surface area contributed by atoms with Crippen LogP contribution in [-0.4, -0.2) is 26.0 Å². The van der Waals surface area contributed by atoms with Gasteiger partial charge in [-0.3, -0.25) is 4.79 Å². The highest BCUT2D eigenvalue weighted by Gasteiger charge is 2.28. The summed E-state index contributed by atoms with van der Waals surface area (Å²) in [5, 5.41) is -0.494. The van der Waals surface area contributed by atoms with Crippen LogP contribution in [0.4, 0.5) is 8.78 Å². The van der Waals surface area contributed by atoms with Crippen LogP contribution in [0.1, 0.15) is 48.0 Å². The summed E-state index contributed by atoms with van der Waals surface area (Å²) in [7, 11) is -3.61. The first kappa shape index (κ1) is 20.6. The summed E-state index contributed by atoms with van der Waals surface area (Å²) in [6, 6.07) is 8.62. The number of hydrogen-bond acceptors (Lipinski definition) is 3. The number of Topliss-reactive ketones (excluding diaryl/α,β-unsaturated/α-hetero) is 1. The minimum absolute atomic E-state index is 0.175. The van der Waals surface area contributed by atoms with Crippen LogP contribution in [0.15, 0.2) is 36.4 Å². The van der Waals surface area contributed by atoms with Crippen LogP contribution in [0.3, 0.4) is 0 Å². The number of ketones is 1. The Kier molecular flexibility index (Phi) is 6.25. The summed E-state index contributed by atoms with van der Waals surface area (Å²) < 4.78 is 54.8. The molecule has 0 unspecified atom stereocenters. The molecule has 0 aliphatic heterocycles. The van der Waals surface area contributed by atoms with Crippen LogP contribution in [0.25, 0.3) is 11.1 Å². The number of aryl methyl sites for hydroxylation is 1. The van der Waals surface area contributed by atoms with Gasteiger partial charge in [-0.2, -0.15) is 0 Å². The van der Waals surface area contributed by atoms with Crippen LogP contribution in [0.5, 0.6) is 0 Å². The van der Waals surface area contributed by atoms with Crippen LogP contribution in [-0.2, 0) is 10.0 Å². The van der Waals surface area contributed by atoms with Crippen LogP contribution >= 0.6 is 0 Å². The normalized spacial score (nSPS) is 15.5. The molecule has 0 aromatic heterocycles. The maximum Gasteiger partial charge on any atom is 0.214 e. The van der Waals surface area contributed by atoms with Gasteiger partial charge in [0, 0.05) is 0 Å². The van der Waals surface area contributed by atoms with Gasteiger partial charge in [0.2, 0.25) is 10.0 Å². The molecule has 4 nitrogen and oxygen atoms in total. The number of hydrogen-bond donors (Lipinski definition) is 1. The third-order valence-corrected chi connectivity index (χ3v) is 7.05. The third-order valence-electron chi connectivity index (χ3n) is 5.16. The SMILES string of the molecule is Cc1cc(-c2ccc(F)cc2)cc(C(=O)CNS(=O)(=O)C2CCCCC2)c1F. The van der Waals surface area contributed by atoms with Crippen molar-refractivity contribution in [2.75, 3.05) is 6.54 Å². The first-order valence-electron chi connectivity index (χ1n) is 9.35. The zero-order valence-electron chi connectivity index (χ0n) is 15.7. The lowest BCUT2D eigenvalue weighted by Gasteiger charge is -2.21. The van der Waals surface area contributed by atoms with Gasteiger partial charge in [0.15, 0.2) is 5.78 Å². The maximum atomic E-state index is 14.5. The second kappa shape index (κ2) is 8.49.